The number of aliphatic hydroxyl groups excluding tert-OH is 4. The van der Waals surface area contributed by atoms with Crippen LogP contribution in [0, 0.1) is 0 Å². The minimum atomic E-state index is -1.73. The van der Waals surface area contributed by atoms with Crippen molar-refractivity contribution in [2.24, 2.45) is 0 Å². The van der Waals surface area contributed by atoms with Crippen molar-refractivity contribution in [3.8, 4) is 0 Å². The Morgan fingerprint density at radius 3 is 2.00 bits per heavy atom. The van der Waals surface area contributed by atoms with Crippen LogP contribution in [-0.4, -0.2) is 63.6 Å². The zero-order valence-electron chi connectivity index (χ0n) is 19.0. The minimum absolute atomic E-state index is 0.222. The molecular weight excluding hydrogens is 398 g/mol. The van der Waals surface area contributed by atoms with Gasteiger partial charge in [0.1, 0.15) is 30.6 Å². The van der Waals surface area contributed by atoms with E-state index in [0.717, 1.165) is 38.5 Å². The molecule has 0 unspecified atom stereocenters. The van der Waals surface area contributed by atoms with Gasteiger partial charge in [-0.25, -0.2) is 0 Å². The number of rotatable bonds is 20. The molecule has 0 aliphatic rings. The second kappa shape index (κ2) is 20.4. The smallest absolute Gasteiger partial charge is 0.220 e. The van der Waals surface area contributed by atoms with E-state index in [2.05, 4.69) is 36.5 Å². The fraction of sp³-hybridized carbons (Fsp3) is 0.750. The zero-order chi connectivity index (χ0) is 23.3. The van der Waals surface area contributed by atoms with E-state index in [1.165, 1.54) is 25.7 Å². The van der Waals surface area contributed by atoms with Gasteiger partial charge in [-0.3, -0.25) is 4.79 Å². The Kier molecular flexibility index (Phi) is 19.4. The van der Waals surface area contributed by atoms with Crippen LogP contribution in [0.1, 0.15) is 84.0 Å². The van der Waals surface area contributed by atoms with Gasteiger partial charge < -0.3 is 30.5 Å². The third-order valence-corrected chi connectivity index (χ3v) is 5.13. The van der Waals surface area contributed by atoms with E-state index in [1.807, 2.05) is 0 Å². The van der Waals surface area contributed by atoms with Crippen LogP contribution >= 0.6 is 0 Å². The number of nitrogens with one attached hydrogen (secondary N) is 1. The topological polar surface area (TPSA) is 127 Å². The first-order valence-electron chi connectivity index (χ1n) is 11.7. The van der Waals surface area contributed by atoms with Gasteiger partial charge in [-0.1, -0.05) is 63.3 Å². The van der Waals surface area contributed by atoms with E-state index < -0.39 is 36.9 Å². The molecule has 0 saturated heterocycles. The Morgan fingerprint density at radius 2 is 1.42 bits per heavy atom. The Hall–Kier alpha value is -1.54. The largest absolute Gasteiger partial charge is 0.394 e. The predicted octanol–water partition coefficient (Wildman–Crippen LogP) is 2.56. The molecule has 7 heteroatoms. The molecule has 0 fully saturated rings. The summed E-state index contributed by atoms with van der Waals surface area (Å²) in [5.74, 6) is -0.396. The summed E-state index contributed by atoms with van der Waals surface area (Å²) < 4.78 is 0. The highest BCUT2D eigenvalue weighted by molar-refractivity contribution is 5.79. The summed E-state index contributed by atoms with van der Waals surface area (Å²) in [6.45, 7) is 1.45. The number of carbonyl (C=O) groups excluding carboxylic acids is 2. The highest BCUT2D eigenvalue weighted by Crippen LogP contribution is 2.09. The normalized spacial score (nSPS) is 15.8. The van der Waals surface area contributed by atoms with Gasteiger partial charge in [0.2, 0.25) is 5.91 Å². The van der Waals surface area contributed by atoms with Crippen molar-refractivity contribution < 1.29 is 30.0 Å². The highest BCUT2D eigenvalue weighted by Gasteiger charge is 2.31. The third-order valence-electron chi connectivity index (χ3n) is 5.13. The lowest BCUT2D eigenvalue weighted by molar-refractivity contribution is -0.131. The summed E-state index contributed by atoms with van der Waals surface area (Å²) in [6, 6.07) is -1.33. The number of hydrogen-bond acceptors (Lipinski definition) is 6. The lowest BCUT2D eigenvalue weighted by atomic mass is 10.0. The fourth-order valence-corrected chi connectivity index (χ4v) is 3.10. The summed E-state index contributed by atoms with van der Waals surface area (Å²) in [5, 5.41) is 40.0. The van der Waals surface area contributed by atoms with E-state index in [-0.39, 0.29) is 6.42 Å². The number of aldehydes is 1. The summed E-state index contributed by atoms with van der Waals surface area (Å²) in [5.41, 5.74) is 0. The Labute approximate surface area is 187 Å². The van der Waals surface area contributed by atoms with Gasteiger partial charge in [-0.2, -0.15) is 0 Å². The van der Waals surface area contributed by atoms with Crippen molar-refractivity contribution in [1.29, 1.82) is 0 Å². The molecule has 0 spiro atoms. The molecule has 0 saturated carbocycles. The number of carbonyl (C=O) groups is 2. The van der Waals surface area contributed by atoms with Gasteiger partial charge >= 0.3 is 0 Å². The molecule has 5 N–H and O–H groups in total. The SMILES string of the molecule is CCCCC/C=C\C/C=C\CCCCCCCC(=O)N[C@@H](C=O)[C@@H](O)[C@H](O)[C@H](O)CO. The van der Waals surface area contributed by atoms with Gasteiger partial charge in [0, 0.05) is 6.42 Å². The van der Waals surface area contributed by atoms with Crippen LogP contribution in [0.5, 0.6) is 0 Å². The lowest BCUT2D eigenvalue weighted by Crippen LogP contribution is -2.53. The molecule has 0 aromatic heterocycles. The van der Waals surface area contributed by atoms with Crippen LogP contribution in [0.2, 0.25) is 0 Å². The fourth-order valence-electron chi connectivity index (χ4n) is 3.10. The first kappa shape index (κ1) is 29.5. The average Bonchev–Trinajstić information content (AvgIpc) is 2.78. The van der Waals surface area contributed by atoms with Gasteiger partial charge in [0.05, 0.1) is 6.61 Å². The van der Waals surface area contributed by atoms with E-state index >= 15 is 0 Å². The number of allylic oxidation sites excluding steroid dienone is 4. The Bertz CT molecular complexity index is 508. The summed E-state index contributed by atoms with van der Waals surface area (Å²) in [7, 11) is 0. The predicted molar refractivity (Wildman–Crippen MR) is 122 cm³/mol. The van der Waals surface area contributed by atoms with Crippen LogP contribution < -0.4 is 5.32 Å². The molecule has 31 heavy (non-hydrogen) atoms. The maximum Gasteiger partial charge on any atom is 0.220 e. The molecule has 0 heterocycles. The van der Waals surface area contributed by atoms with E-state index in [0.29, 0.717) is 12.7 Å². The summed E-state index contributed by atoms with van der Waals surface area (Å²) in [6.07, 6.45) is 16.3. The molecular formula is C24H43NO6. The first-order valence-corrected chi connectivity index (χ1v) is 11.7. The monoisotopic (exact) mass is 441 g/mol. The van der Waals surface area contributed by atoms with Crippen molar-refractivity contribution in [3.05, 3.63) is 24.3 Å². The van der Waals surface area contributed by atoms with E-state index in [9.17, 15) is 24.9 Å². The molecule has 0 bridgehead atoms. The average molecular weight is 442 g/mol. The van der Waals surface area contributed by atoms with Crippen LogP contribution in [0.3, 0.4) is 0 Å². The van der Waals surface area contributed by atoms with Crippen LogP contribution in [0.4, 0.5) is 0 Å². The minimum Gasteiger partial charge on any atom is -0.394 e. The van der Waals surface area contributed by atoms with Crippen LogP contribution in [0.15, 0.2) is 24.3 Å². The number of unbranched alkanes of at least 4 members (excludes halogenated alkanes) is 8. The Balaban J connectivity index is 3.76. The first-order chi connectivity index (χ1) is 15.0. The second-order valence-electron chi connectivity index (χ2n) is 7.94. The second-order valence-corrected chi connectivity index (χ2v) is 7.94. The summed E-state index contributed by atoms with van der Waals surface area (Å²) >= 11 is 0. The van der Waals surface area contributed by atoms with Crippen molar-refractivity contribution in [2.45, 2.75) is 108 Å². The van der Waals surface area contributed by atoms with E-state index in [1.54, 1.807) is 0 Å². The molecule has 1 amide bonds. The van der Waals surface area contributed by atoms with Crippen LogP contribution in [-0.2, 0) is 9.59 Å². The zero-order valence-corrected chi connectivity index (χ0v) is 19.0. The maximum atomic E-state index is 11.9. The molecule has 0 aromatic carbocycles. The van der Waals surface area contributed by atoms with Crippen molar-refractivity contribution in [3.63, 3.8) is 0 Å². The van der Waals surface area contributed by atoms with Crippen molar-refractivity contribution in [1.82, 2.24) is 5.32 Å². The molecule has 180 valence electrons. The highest BCUT2D eigenvalue weighted by atomic mass is 16.4. The molecule has 0 aromatic rings. The third kappa shape index (κ3) is 15.8. The molecule has 7 nitrogen and oxygen atoms in total. The molecule has 0 radical (unpaired) electrons. The number of amides is 1. The van der Waals surface area contributed by atoms with Gasteiger partial charge in [-0.05, 0) is 38.5 Å². The van der Waals surface area contributed by atoms with Gasteiger partial charge in [-0.15, -0.1) is 0 Å². The molecule has 4 atom stereocenters. The number of aliphatic hydroxyl groups is 4. The Morgan fingerprint density at radius 1 is 0.839 bits per heavy atom. The van der Waals surface area contributed by atoms with Crippen molar-refractivity contribution >= 4 is 12.2 Å². The van der Waals surface area contributed by atoms with Crippen molar-refractivity contribution in [2.75, 3.05) is 6.61 Å². The van der Waals surface area contributed by atoms with Gasteiger partial charge in [0.25, 0.3) is 0 Å². The quantitative estimate of drug-likeness (QED) is 0.112. The van der Waals surface area contributed by atoms with Crippen LogP contribution in [0.25, 0.3) is 0 Å². The summed E-state index contributed by atoms with van der Waals surface area (Å²) in [4.78, 5) is 23.0. The molecule has 0 aliphatic carbocycles. The molecule has 0 rings (SSSR count). The maximum absolute atomic E-state index is 11.9. The number of hydrogen-bond donors (Lipinski definition) is 5. The lowest BCUT2D eigenvalue weighted by Gasteiger charge is -2.26. The standard InChI is InChI=1S/C24H43NO6/c1-2-3-4-5-6-7-8-9-10-11-12-13-14-15-16-17-22(29)25-20(18-26)23(30)24(31)21(28)19-27/h6-7,9-10,18,20-21,23-24,27-28,30-31H,2-5,8,11-17,19H2,1H3,(H,25,29)/b7-6-,10-9-/t20-,21+,23+,24+/m0/s1. The van der Waals surface area contributed by atoms with E-state index in [4.69, 9.17) is 5.11 Å². The van der Waals surface area contributed by atoms with Gasteiger partial charge in [0.15, 0.2) is 0 Å². The molecule has 0 aliphatic heterocycles.